The standard InChI is InChI=1S/C18H29N5O3.HI/c1-5-19-17(20-9-10-23-15(24)7-6-8-16(23)25)22-12-14-21-11-13(26-14)18(2,3)4;/h11H,5-10,12H2,1-4H3,(H2,19,20,22);1H. The predicted molar refractivity (Wildman–Crippen MR) is 114 cm³/mol. The second kappa shape index (κ2) is 10.6. The lowest BCUT2D eigenvalue weighted by Gasteiger charge is -2.25. The number of halogens is 1. The van der Waals surface area contributed by atoms with Gasteiger partial charge in [0.25, 0.3) is 0 Å². The zero-order valence-corrected chi connectivity index (χ0v) is 18.8. The van der Waals surface area contributed by atoms with Gasteiger partial charge in [-0.3, -0.25) is 14.5 Å². The molecule has 1 fully saturated rings. The molecule has 1 aliphatic rings. The summed E-state index contributed by atoms with van der Waals surface area (Å²) in [4.78, 5) is 33.7. The van der Waals surface area contributed by atoms with Crippen molar-refractivity contribution in [3.8, 4) is 0 Å². The van der Waals surface area contributed by atoms with E-state index >= 15 is 0 Å². The Bertz CT molecular complexity index is 650. The quantitative estimate of drug-likeness (QED) is 0.274. The number of oxazole rings is 1. The second-order valence-corrected chi connectivity index (χ2v) is 7.28. The molecule has 2 heterocycles. The Kier molecular flexibility index (Phi) is 9.20. The van der Waals surface area contributed by atoms with Crippen LogP contribution < -0.4 is 10.6 Å². The molecule has 0 aromatic carbocycles. The van der Waals surface area contributed by atoms with Crippen LogP contribution in [0.25, 0.3) is 0 Å². The topological polar surface area (TPSA) is 99.8 Å². The third-order valence-electron chi connectivity index (χ3n) is 4.02. The molecular formula is C18H30IN5O3. The molecule has 2 rings (SSSR count). The van der Waals surface area contributed by atoms with Crippen LogP contribution in [0.3, 0.4) is 0 Å². The highest BCUT2D eigenvalue weighted by atomic mass is 127. The van der Waals surface area contributed by atoms with E-state index in [1.807, 2.05) is 6.92 Å². The largest absolute Gasteiger partial charge is 0.443 e. The molecular weight excluding hydrogens is 461 g/mol. The molecule has 0 bridgehead atoms. The number of likely N-dealkylation sites (tertiary alicyclic amines) is 1. The molecule has 152 valence electrons. The number of nitrogens with one attached hydrogen (secondary N) is 2. The molecule has 2 amide bonds. The first kappa shape index (κ1) is 23.4. The van der Waals surface area contributed by atoms with Gasteiger partial charge in [-0.15, -0.1) is 24.0 Å². The minimum atomic E-state index is -0.0977. The van der Waals surface area contributed by atoms with Crippen molar-refractivity contribution in [3.63, 3.8) is 0 Å². The average molecular weight is 491 g/mol. The molecule has 9 heteroatoms. The lowest BCUT2D eigenvalue weighted by molar-refractivity contribution is -0.147. The van der Waals surface area contributed by atoms with Gasteiger partial charge in [0.2, 0.25) is 17.7 Å². The first-order chi connectivity index (χ1) is 12.3. The van der Waals surface area contributed by atoms with Gasteiger partial charge in [-0.2, -0.15) is 0 Å². The molecule has 0 aliphatic carbocycles. The van der Waals surface area contributed by atoms with Gasteiger partial charge in [0.05, 0.1) is 6.20 Å². The summed E-state index contributed by atoms with van der Waals surface area (Å²) in [5.74, 6) is 1.77. The summed E-state index contributed by atoms with van der Waals surface area (Å²) in [5, 5.41) is 6.27. The fourth-order valence-corrected chi connectivity index (χ4v) is 2.55. The number of hydrogen-bond acceptors (Lipinski definition) is 5. The minimum absolute atomic E-state index is 0. The number of nitrogens with zero attached hydrogens (tertiary/aromatic N) is 3. The Hall–Kier alpha value is -1.65. The molecule has 2 N–H and O–H groups in total. The molecule has 0 spiro atoms. The summed E-state index contributed by atoms with van der Waals surface area (Å²) in [6.07, 6.45) is 3.28. The van der Waals surface area contributed by atoms with E-state index in [0.29, 0.717) is 57.3 Å². The Morgan fingerprint density at radius 2 is 1.93 bits per heavy atom. The Morgan fingerprint density at radius 1 is 1.26 bits per heavy atom. The number of carbonyl (C=O) groups is 2. The molecule has 27 heavy (non-hydrogen) atoms. The van der Waals surface area contributed by atoms with E-state index in [0.717, 1.165) is 5.76 Å². The molecule has 0 atom stereocenters. The van der Waals surface area contributed by atoms with E-state index in [-0.39, 0.29) is 41.2 Å². The fourth-order valence-electron chi connectivity index (χ4n) is 2.55. The smallest absolute Gasteiger partial charge is 0.229 e. The summed E-state index contributed by atoms with van der Waals surface area (Å²) in [6, 6.07) is 0. The maximum absolute atomic E-state index is 11.8. The van der Waals surface area contributed by atoms with Crippen molar-refractivity contribution in [3.05, 3.63) is 17.8 Å². The summed E-state index contributed by atoms with van der Waals surface area (Å²) in [5.41, 5.74) is -0.0920. The number of aromatic nitrogens is 1. The highest BCUT2D eigenvalue weighted by molar-refractivity contribution is 14.0. The van der Waals surface area contributed by atoms with Crippen LogP contribution in [0.2, 0.25) is 0 Å². The summed E-state index contributed by atoms with van der Waals surface area (Å²) in [7, 11) is 0. The molecule has 1 aromatic heterocycles. The van der Waals surface area contributed by atoms with E-state index in [4.69, 9.17) is 4.42 Å². The maximum Gasteiger partial charge on any atom is 0.229 e. The van der Waals surface area contributed by atoms with Crippen molar-refractivity contribution in [1.29, 1.82) is 0 Å². The van der Waals surface area contributed by atoms with Crippen LogP contribution in [-0.4, -0.2) is 47.3 Å². The number of imide groups is 1. The lowest BCUT2D eigenvalue weighted by Crippen LogP contribution is -2.46. The number of piperidine rings is 1. The number of amides is 2. The average Bonchev–Trinajstić information content (AvgIpc) is 3.04. The molecule has 1 saturated heterocycles. The van der Waals surface area contributed by atoms with Crippen LogP contribution >= 0.6 is 24.0 Å². The van der Waals surface area contributed by atoms with E-state index in [1.165, 1.54) is 4.90 Å². The van der Waals surface area contributed by atoms with Gasteiger partial charge in [0, 0.05) is 37.9 Å². The zero-order chi connectivity index (χ0) is 19.2. The van der Waals surface area contributed by atoms with Crippen molar-refractivity contribution >= 4 is 41.8 Å². The summed E-state index contributed by atoms with van der Waals surface area (Å²) < 4.78 is 5.73. The summed E-state index contributed by atoms with van der Waals surface area (Å²) >= 11 is 0. The number of rotatable bonds is 6. The molecule has 8 nitrogen and oxygen atoms in total. The van der Waals surface area contributed by atoms with Gasteiger partial charge < -0.3 is 15.1 Å². The van der Waals surface area contributed by atoms with Crippen LogP contribution in [-0.2, 0) is 21.5 Å². The van der Waals surface area contributed by atoms with Crippen molar-refractivity contribution in [1.82, 2.24) is 20.5 Å². The number of hydrogen-bond donors (Lipinski definition) is 2. The van der Waals surface area contributed by atoms with Gasteiger partial charge >= 0.3 is 0 Å². The lowest BCUT2D eigenvalue weighted by atomic mass is 9.94. The third-order valence-corrected chi connectivity index (χ3v) is 4.02. The predicted octanol–water partition coefficient (Wildman–Crippen LogP) is 2.18. The Labute approximate surface area is 177 Å². The second-order valence-electron chi connectivity index (χ2n) is 7.28. The van der Waals surface area contributed by atoms with E-state index in [1.54, 1.807) is 6.20 Å². The normalized spacial score (nSPS) is 15.6. The highest BCUT2D eigenvalue weighted by Gasteiger charge is 2.25. The Morgan fingerprint density at radius 3 is 2.48 bits per heavy atom. The molecule has 1 aliphatic heterocycles. The van der Waals surface area contributed by atoms with E-state index < -0.39 is 0 Å². The van der Waals surface area contributed by atoms with E-state index in [2.05, 4.69) is 41.4 Å². The van der Waals surface area contributed by atoms with Crippen LogP contribution in [0.4, 0.5) is 0 Å². The zero-order valence-electron chi connectivity index (χ0n) is 16.5. The number of guanidine groups is 1. The van der Waals surface area contributed by atoms with Gasteiger partial charge in [-0.25, -0.2) is 9.98 Å². The number of carbonyl (C=O) groups excluding carboxylic acids is 2. The van der Waals surface area contributed by atoms with Gasteiger partial charge in [0.15, 0.2) is 5.96 Å². The van der Waals surface area contributed by atoms with Crippen molar-refractivity contribution in [2.24, 2.45) is 4.99 Å². The minimum Gasteiger partial charge on any atom is -0.443 e. The highest BCUT2D eigenvalue weighted by Crippen LogP contribution is 2.22. The van der Waals surface area contributed by atoms with Crippen molar-refractivity contribution in [2.75, 3.05) is 19.6 Å². The van der Waals surface area contributed by atoms with Crippen molar-refractivity contribution in [2.45, 2.75) is 58.9 Å². The monoisotopic (exact) mass is 491 g/mol. The van der Waals surface area contributed by atoms with Gasteiger partial charge in [0.1, 0.15) is 12.3 Å². The molecule has 0 saturated carbocycles. The van der Waals surface area contributed by atoms with Gasteiger partial charge in [-0.1, -0.05) is 20.8 Å². The molecule has 1 aromatic rings. The summed E-state index contributed by atoms with van der Waals surface area (Å²) in [6.45, 7) is 9.97. The SMILES string of the molecule is CCNC(=NCc1ncc(C(C)(C)C)o1)NCCN1C(=O)CCCC1=O.I. The fraction of sp³-hybridized carbons (Fsp3) is 0.667. The van der Waals surface area contributed by atoms with Crippen LogP contribution in [0.15, 0.2) is 15.6 Å². The third kappa shape index (κ3) is 7.11. The van der Waals surface area contributed by atoms with Gasteiger partial charge in [-0.05, 0) is 13.3 Å². The van der Waals surface area contributed by atoms with Crippen molar-refractivity contribution < 1.29 is 14.0 Å². The molecule has 0 radical (unpaired) electrons. The van der Waals surface area contributed by atoms with E-state index in [9.17, 15) is 9.59 Å². The number of aliphatic imine (C=N–C) groups is 1. The van der Waals surface area contributed by atoms with Crippen LogP contribution in [0.1, 0.15) is 58.6 Å². The van der Waals surface area contributed by atoms with Crippen LogP contribution in [0, 0.1) is 0 Å². The first-order valence-corrected chi connectivity index (χ1v) is 9.12. The first-order valence-electron chi connectivity index (χ1n) is 9.12. The maximum atomic E-state index is 11.8. The van der Waals surface area contributed by atoms with Crippen LogP contribution in [0.5, 0.6) is 0 Å². The Balaban J connectivity index is 0.00000364. The molecule has 0 unspecified atom stereocenters.